The molecule has 0 bridgehead atoms. The normalized spacial score (nSPS) is 10.8. The van der Waals surface area contributed by atoms with Gasteiger partial charge >= 0.3 is 0 Å². The number of hydrogen-bond donors (Lipinski definition) is 2. The minimum absolute atomic E-state index is 0.165. The molecule has 0 aliphatic heterocycles. The van der Waals surface area contributed by atoms with Crippen LogP contribution in [0.4, 0.5) is 0 Å². The Morgan fingerprint density at radius 1 is 0.962 bits per heavy atom. The molecule has 0 spiro atoms. The first-order chi connectivity index (χ1) is 12.3. The molecule has 0 radical (unpaired) electrons. The highest BCUT2D eigenvalue weighted by molar-refractivity contribution is 7.91. The summed E-state index contributed by atoms with van der Waals surface area (Å²) < 4.78 is 29.4. The van der Waals surface area contributed by atoms with E-state index in [0.717, 1.165) is 5.56 Å². The van der Waals surface area contributed by atoms with E-state index in [4.69, 9.17) is 4.74 Å². The molecule has 8 heteroatoms. The standard InChI is InChI=1S/C18H20N2O5S/c1-13-3-9-16(10-4-13)26(23,24)12-11-17(21)19-20-18(22)14-5-7-15(25-2)8-6-14/h3-10H,11-12H2,1-2H3,(H,19,21)(H,20,22). The lowest BCUT2D eigenvalue weighted by Gasteiger charge is -2.08. The van der Waals surface area contributed by atoms with Gasteiger partial charge in [0.05, 0.1) is 17.8 Å². The van der Waals surface area contributed by atoms with Crippen LogP contribution in [0.25, 0.3) is 0 Å². The van der Waals surface area contributed by atoms with Crippen molar-refractivity contribution in [3.63, 3.8) is 0 Å². The maximum absolute atomic E-state index is 12.2. The van der Waals surface area contributed by atoms with E-state index in [1.807, 2.05) is 6.92 Å². The third-order valence-electron chi connectivity index (χ3n) is 3.65. The summed E-state index contributed by atoms with van der Waals surface area (Å²) in [5.41, 5.74) is 5.73. The monoisotopic (exact) mass is 376 g/mol. The molecule has 0 unspecified atom stereocenters. The first-order valence-electron chi connectivity index (χ1n) is 7.84. The van der Waals surface area contributed by atoms with Gasteiger partial charge < -0.3 is 4.74 Å². The summed E-state index contributed by atoms with van der Waals surface area (Å²) in [5, 5.41) is 0. The molecule has 0 atom stereocenters. The van der Waals surface area contributed by atoms with Crippen molar-refractivity contribution in [1.82, 2.24) is 10.9 Å². The van der Waals surface area contributed by atoms with E-state index >= 15 is 0 Å². The Kier molecular flexibility index (Phi) is 6.35. The number of ether oxygens (including phenoxy) is 1. The van der Waals surface area contributed by atoms with Gasteiger partial charge in [0, 0.05) is 12.0 Å². The molecule has 2 amide bonds. The van der Waals surface area contributed by atoms with Gasteiger partial charge in [0.15, 0.2) is 9.84 Å². The van der Waals surface area contributed by atoms with E-state index in [1.165, 1.54) is 19.2 Å². The van der Waals surface area contributed by atoms with Crippen LogP contribution >= 0.6 is 0 Å². The number of aryl methyl sites for hydroxylation is 1. The Labute approximate surface area is 152 Å². The molecule has 0 aromatic heterocycles. The van der Waals surface area contributed by atoms with Crippen LogP contribution in [0.2, 0.25) is 0 Å². The van der Waals surface area contributed by atoms with Crippen LogP contribution in [0.1, 0.15) is 22.3 Å². The Hall–Kier alpha value is -2.87. The average molecular weight is 376 g/mol. The molecular weight excluding hydrogens is 356 g/mol. The molecule has 2 aromatic carbocycles. The number of nitrogens with one attached hydrogen (secondary N) is 2. The maximum atomic E-state index is 12.2. The third kappa shape index (κ3) is 5.32. The van der Waals surface area contributed by atoms with Crippen LogP contribution in [-0.4, -0.2) is 33.1 Å². The Balaban J connectivity index is 1.84. The summed E-state index contributed by atoms with van der Waals surface area (Å²) >= 11 is 0. The number of methoxy groups -OCH3 is 1. The fourth-order valence-corrected chi connectivity index (χ4v) is 3.33. The van der Waals surface area contributed by atoms with Gasteiger partial charge in [0.1, 0.15) is 5.75 Å². The second-order valence-corrected chi connectivity index (χ2v) is 7.72. The molecule has 0 aliphatic carbocycles. The van der Waals surface area contributed by atoms with Gasteiger partial charge in [0.25, 0.3) is 5.91 Å². The zero-order valence-corrected chi connectivity index (χ0v) is 15.3. The smallest absolute Gasteiger partial charge is 0.269 e. The predicted octanol–water partition coefficient (Wildman–Crippen LogP) is 1.63. The maximum Gasteiger partial charge on any atom is 0.269 e. The quantitative estimate of drug-likeness (QED) is 0.746. The van der Waals surface area contributed by atoms with Crippen molar-refractivity contribution in [2.24, 2.45) is 0 Å². The lowest BCUT2D eigenvalue weighted by Crippen LogP contribution is -2.42. The van der Waals surface area contributed by atoms with Gasteiger partial charge in [-0.15, -0.1) is 0 Å². The Morgan fingerprint density at radius 2 is 1.58 bits per heavy atom. The number of carbonyl (C=O) groups excluding carboxylic acids is 2. The minimum atomic E-state index is -3.56. The molecular formula is C18H20N2O5S. The van der Waals surface area contributed by atoms with Crippen molar-refractivity contribution in [3.8, 4) is 5.75 Å². The number of carbonyl (C=O) groups is 2. The number of rotatable bonds is 6. The van der Waals surface area contributed by atoms with Crippen molar-refractivity contribution in [1.29, 1.82) is 0 Å². The van der Waals surface area contributed by atoms with E-state index in [-0.39, 0.29) is 17.1 Å². The van der Waals surface area contributed by atoms with Gasteiger partial charge in [-0.3, -0.25) is 20.4 Å². The minimum Gasteiger partial charge on any atom is -0.497 e. The Morgan fingerprint density at radius 3 is 2.15 bits per heavy atom. The van der Waals surface area contributed by atoms with Crippen LogP contribution in [0, 0.1) is 6.92 Å². The topological polar surface area (TPSA) is 102 Å². The fourth-order valence-electron chi connectivity index (χ4n) is 2.09. The summed E-state index contributed by atoms with van der Waals surface area (Å²) in [5.74, 6) is -0.850. The molecule has 2 aromatic rings. The molecule has 0 saturated heterocycles. The van der Waals surface area contributed by atoms with Crippen molar-refractivity contribution in [2.75, 3.05) is 12.9 Å². The predicted molar refractivity (Wildman–Crippen MR) is 96.5 cm³/mol. The first kappa shape index (κ1) is 19.5. The molecule has 7 nitrogen and oxygen atoms in total. The highest BCUT2D eigenvalue weighted by Gasteiger charge is 2.16. The van der Waals surface area contributed by atoms with E-state index in [1.54, 1.807) is 36.4 Å². The third-order valence-corrected chi connectivity index (χ3v) is 5.38. The van der Waals surface area contributed by atoms with Crippen molar-refractivity contribution in [3.05, 3.63) is 59.7 Å². The molecule has 0 heterocycles. The van der Waals surface area contributed by atoms with E-state index < -0.39 is 21.7 Å². The Bertz CT molecular complexity index is 875. The van der Waals surface area contributed by atoms with Gasteiger partial charge in [-0.2, -0.15) is 0 Å². The number of amides is 2. The molecule has 2 N–H and O–H groups in total. The van der Waals surface area contributed by atoms with Crippen LogP contribution in [0.3, 0.4) is 0 Å². The van der Waals surface area contributed by atoms with E-state index in [9.17, 15) is 18.0 Å². The molecule has 2 rings (SSSR count). The summed E-state index contributed by atoms with van der Waals surface area (Å²) in [6.07, 6.45) is -0.265. The zero-order valence-electron chi connectivity index (χ0n) is 14.5. The SMILES string of the molecule is COc1ccc(C(=O)NNC(=O)CCS(=O)(=O)c2ccc(C)cc2)cc1. The zero-order chi connectivity index (χ0) is 19.2. The molecule has 138 valence electrons. The lowest BCUT2D eigenvalue weighted by atomic mass is 10.2. The highest BCUT2D eigenvalue weighted by Crippen LogP contribution is 2.13. The highest BCUT2D eigenvalue weighted by atomic mass is 32.2. The van der Waals surface area contributed by atoms with Crippen molar-refractivity contribution >= 4 is 21.7 Å². The number of hydrogen-bond acceptors (Lipinski definition) is 5. The van der Waals surface area contributed by atoms with E-state index in [0.29, 0.717) is 11.3 Å². The summed E-state index contributed by atoms with van der Waals surface area (Å²) in [4.78, 5) is 23.9. The van der Waals surface area contributed by atoms with Gasteiger partial charge in [-0.25, -0.2) is 8.42 Å². The summed E-state index contributed by atoms with van der Waals surface area (Å²) in [6, 6.07) is 12.7. The fraction of sp³-hybridized carbons (Fsp3) is 0.222. The van der Waals surface area contributed by atoms with Crippen LogP contribution in [0.5, 0.6) is 5.75 Å². The number of hydrazine groups is 1. The summed E-state index contributed by atoms with van der Waals surface area (Å²) in [6.45, 7) is 1.86. The van der Waals surface area contributed by atoms with Gasteiger partial charge in [-0.1, -0.05) is 17.7 Å². The van der Waals surface area contributed by atoms with Gasteiger partial charge in [-0.05, 0) is 43.3 Å². The summed E-state index contributed by atoms with van der Waals surface area (Å²) in [7, 11) is -2.04. The lowest BCUT2D eigenvalue weighted by molar-refractivity contribution is -0.121. The number of benzene rings is 2. The second kappa shape index (κ2) is 8.48. The van der Waals surface area contributed by atoms with E-state index in [2.05, 4.69) is 10.9 Å². The first-order valence-corrected chi connectivity index (χ1v) is 9.50. The van der Waals surface area contributed by atoms with Crippen LogP contribution in [-0.2, 0) is 14.6 Å². The molecule has 26 heavy (non-hydrogen) atoms. The van der Waals surface area contributed by atoms with Gasteiger partial charge in [0.2, 0.25) is 5.91 Å². The molecule has 0 saturated carbocycles. The number of sulfone groups is 1. The molecule has 0 fully saturated rings. The molecule has 0 aliphatic rings. The van der Waals surface area contributed by atoms with Crippen LogP contribution < -0.4 is 15.6 Å². The van der Waals surface area contributed by atoms with Crippen molar-refractivity contribution in [2.45, 2.75) is 18.2 Å². The van der Waals surface area contributed by atoms with Crippen LogP contribution in [0.15, 0.2) is 53.4 Å². The second-order valence-electron chi connectivity index (χ2n) is 5.61. The largest absolute Gasteiger partial charge is 0.497 e. The van der Waals surface area contributed by atoms with Crippen molar-refractivity contribution < 1.29 is 22.7 Å². The average Bonchev–Trinajstić information content (AvgIpc) is 2.65.